The molecule has 1 saturated carbocycles. The Morgan fingerprint density at radius 1 is 1.38 bits per heavy atom. The zero-order chi connectivity index (χ0) is 15.4. The van der Waals surface area contributed by atoms with Crippen molar-refractivity contribution in [3.05, 3.63) is 39.4 Å². The first-order valence-corrected chi connectivity index (χ1v) is 7.93. The predicted molar refractivity (Wildman–Crippen MR) is 83.3 cm³/mol. The van der Waals surface area contributed by atoms with E-state index in [2.05, 4.69) is 6.92 Å². The Balaban J connectivity index is 2.13. The first-order chi connectivity index (χ1) is 10.0. The van der Waals surface area contributed by atoms with Crippen LogP contribution in [0.2, 0.25) is 0 Å². The molecule has 21 heavy (non-hydrogen) atoms. The molecule has 0 aromatic heterocycles. The van der Waals surface area contributed by atoms with Crippen LogP contribution in [0.1, 0.15) is 50.2 Å². The highest BCUT2D eigenvalue weighted by Gasteiger charge is 2.29. The second-order valence-corrected chi connectivity index (χ2v) is 6.32. The van der Waals surface area contributed by atoms with E-state index in [0.717, 1.165) is 36.8 Å². The van der Waals surface area contributed by atoms with Crippen LogP contribution in [0.5, 0.6) is 0 Å². The summed E-state index contributed by atoms with van der Waals surface area (Å²) in [6.07, 6.45) is 5.90. The van der Waals surface area contributed by atoms with Gasteiger partial charge in [-0.2, -0.15) is 0 Å². The topological polar surface area (TPSA) is 63.4 Å². The van der Waals surface area contributed by atoms with Crippen molar-refractivity contribution in [2.75, 3.05) is 0 Å². The molecule has 2 rings (SSSR count). The van der Waals surface area contributed by atoms with E-state index in [9.17, 15) is 15.2 Å². The van der Waals surface area contributed by atoms with Crippen molar-refractivity contribution in [3.8, 4) is 0 Å². The lowest BCUT2D eigenvalue weighted by Gasteiger charge is -2.33. The lowest BCUT2D eigenvalue weighted by Crippen LogP contribution is -2.30. The summed E-state index contributed by atoms with van der Waals surface area (Å²) in [5, 5.41) is 21.3. The molecule has 3 atom stereocenters. The summed E-state index contributed by atoms with van der Waals surface area (Å²) in [6.45, 7) is 4.01. The van der Waals surface area contributed by atoms with Gasteiger partial charge in [0.25, 0.3) is 5.69 Å². The number of hydrogen-bond donors (Lipinski definition) is 1. The number of aliphatic hydroxyl groups is 1. The van der Waals surface area contributed by atoms with Crippen molar-refractivity contribution in [2.24, 2.45) is 11.8 Å². The van der Waals surface area contributed by atoms with Crippen LogP contribution in [0.15, 0.2) is 18.2 Å². The summed E-state index contributed by atoms with van der Waals surface area (Å²) in [5.41, 5.74) is 1.93. The normalized spacial score (nSPS) is 25.8. The molecule has 4 nitrogen and oxygen atoms in total. The first kappa shape index (κ1) is 16.0. The van der Waals surface area contributed by atoms with E-state index < -0.39 is 0 Å². The van der Waals surface area contributed by atoms with Gasteiger partial charge in [0.2, 0.25) is 0 Å². The molecule has 1 aromatic carbocycles. The highest BCUT2D eigenvalue weighted by Crippen LogP contribution is 2.35. The van der Waals surface area contributed by atoms with E-state index in [4.69, 9.17) is 0 Å². The highest BCUT2D eigenvalue weighted by molar-refractivity contribution is 5.44. The van der Waals surface area contributed by atoms with Crippen molar-refractivity contribution >= 4 is 5.69 Å². The van der Waals surface area contributed by atoms with Crippen LogP contribution >= 0.6 is 0 Å². The Labute approximate surface area is 126 Å². The van der Waals surface area contributed by atoms with Gasteiger partial charge in [-0.1, -0.05) is 31.9 Å². The molecule has 4 heteroatoms. The maximum Gasteiger partial charge on any atom is 0.272 e. The Bertz CT molecular complexity index is 501. The molecule has 1 fully saturated rings. The van der Waals surface area contributed by atoms with E-state index in [1.165, 1.54) is 12.8 Å². The number of rotatable bonds is 5. The zero-order valence-electron chi connectivity index (χ0n) is 12.9. The van der Waals surface area contributed by atoms with Crippen LogP contribution in [0.3, 0.4) is 0 Å². The third kappa shape index (κ3) is 3.82. The second kappa shape index (κ2) is 7.03. The number of nitro groups is 1. The van der Waals surface area contributed by atoms with E-state index in [1.54, 1.807) is 12.1 Å². The molecule has 0 radical (unpaired) electrons. The lowest BCUT2D eigenvalue weighted by atomic mass is 9.75. The summed E-state index contributed by atoms with van der Waals surface area (Å²) in [6, 6.07) is 5.26. The van der Waals surface area contributed by atoms with Gasteiger partial charge in [0.05, 0.1) is 11.0 Å². The van der Waals surface area contributed by atoms with Crippen molar-refractivity contribution < 1.29 is 10.0 Å². The van der Waals surface area contributed by atoms with Crippen LogP contribution in [0.25, 0.3) is 0 Å². The van der Waals surface area contributed by atoms with Gasteiger partial charge in [-0.3, -0.25) is 10.1 Å². The average molecular weight is 291 g/mol. The molecule has 0 amide bonds. The average Bonchev–Trinajstić information content (AvgIpc) is 2.44. The van der Waals surface area contributed by atoms with E-state index in [0.29, 0.717) is 5.92 Å². The molecule has 3 unspecified atom stereocenters. The number of nitro benzene ring substituents is 1. The molecular weight excluding hydrogens is 266 g/mol. The number of benzene rings is 1. The van der Waals surface area contributed by atoms with Crippen LogP contribution in [0.4, 0.5) is 5.69 Å². The summed E-state index contributed by atoms with van der Waals surface area (Å²) in [4.78, 5) is 10.7. The largest absolute Gasteiger partial charge is 0.393 e. The first-order valence-electron chi connectivity index (χ1n) is 7.93. The Morgan fingerprint density at radius 2 is 2.14 bits per heavy atom. The van der Waals surface area contributed by atoms with E-state index >= 15 is 0 Å². The monoisotopic (exact) mass is 291 g/mol. The second-order valence-electron chi connectivity index (χ2n) is 6.32. The smallest absolute Gasteiger partial charge is 0.272 e. The molecule has 116 valence electrons. The van der Waals surface area contributed by atoms with Gasteiger partial charge in [0.15, 0.2) is 0 Å². The third-order valence-corrected chi connectivity index (χ3v) is 4.84. The van der Waals surface area contributed by atoms with Crippen LogP contribution in [-0.4, -0.2) is 16.1 Å². The van der Waals surface area contributed by atoms with Crippen LogP contribution < -0.4 is 0 Å². The van der Waals surface area contributed by atoms with Crippen LogP contribution in [0, 0.1) is 28.9 Å². The molecule has 0 bridgehead atoms. The molecule has 0 spiro atoms. The van der Waals surface area contributed by atoms with Crippen LogP contribution in [-0.2, 0) is 6.42 Å². The summed E-state index contributed by atoms with van der Waals surface area (Å²) in [5.74, 6) is 0.929. The van der Waals surface area contributed by atoms with Crippen molar-refractivity contribution in [3.63, 3.8) is 0 Å². The maximum absolute atomic E-state index is 11.0. The molecule has 0 saturated heterocycles. The minimum absolute atomic E-state index is 0.183. The SMILES string of the molecule is CCCC1CCC(O)C(Cc2cccc([N+](=O)[O-])c2C)C1. The minimum atomic E-state index is -0.323. The maximum atomic E-state index is 11.0. The Morgan fingerprint density at radius 3 is 2.81 bits per heavy atom. The lowest BCUT2D eigenvalue weighted by molar-refractivity contribution is -0.385. The fourth-order valence-corrected chi connectivity index (χ4v) is 3.61. The predicted octanol–water partition coefficient (Wildman–Crippen LogP) is 4.02. The van der Waals surface area contributed by atoms with E-state index in [-0.39, 0.29) is 22.6 Å². The van der Waals surface area contributed by atoms with Gasteiger partial charge in [0, 0.05) is 11.6 Å². The molecule has 0 aliphatic heterocycles. The van der Waals surface area contributed by atoms with Crippen molar-refractivity contribution in [1.29, 1.82) is 0 Å². The van der Waals surface area contributed by atoms with Gasteiger partial charge in [-0.25, -0.2) is 0 Å². The molecule has 0 heterocycles. The van der Waals surface area contributed by atoms with Gasteiger partial charge in [-0.15, -0.1) is 0 Å². The van der Waals surface area contributed by atoms with E-state index in [1.807, 2.05) is 13.0 Å². The zero-order valence-corrected chi connectivity index (χ0v) is 12.9. The standard InChI is InChI=1S/C17H25NO3/c1-3-5-13-8-9-17(19)15(10-13)11-14-6-4-7-16(12(14)2)18(20)21/h4,6-7,13,15,17,19H,3,5,8-11H2,1-2H3. The van der Waals surface area contributed by atoms with Gasteiger partial charge < -0.3 is 5.11 Å². The molecule has 1 aliphatic carbocycles. The third-order valence-electron chi connectivity index (χ3n) is 4.84. The Hall–Kier alpha value is -1.42. The molecular formula is C17H25NO3. The minimum Gasteiger partial charge on any atom is -0.393 e. The van der Waals surface area contributed by atoms with Crippen molar-refractivity contribution in [2.45, 2.75) is 58.5 Å². The summed E-state index contributed by atoms with van der Waals surface area (Å²) in [7, 11) is 0. The Kier molecular flexibility index (Phi) is 5.34. The van der Waals surface area contributed by atoms with Crippen molar-refractivity contribution in [1.82, 2.24) is 0 Å². The molecule has 1 aliphatic rings. The van der Waals surface area contributed by atoms with Gasteiger partial charge >= 0.3 is 0 Å². The fourth-order valence-electron chi connectivity index (χ4n) is 3.61. The van der Waals surface area contributed by atoms with Gasteiger partial charge in [-0.05, 0) is 50.0 Å². The summed E-state index contributed by atoms with van der Waals surface area (Å²) >= 11 is 0. The number of nitrogens with zero attached hydrogens (tertiary/aromatic N) is 1. The highest BCUT2D eigenvalue weighted by atomic mass is 16.6. The molecule has 1 aromatic rings. The number of hydrogen-bond acceptors (Lipinski definition) is 3. The van der Waals surface area contributed by atoms with Gasteiger partial charge in [0.1, 0.15) is 0 Å². The molecule has 1 N–H and O–H groups in total. The summed E-state index contributed by atoms with van der Waals surface area (Å²) < 4.78 is 0. The fraction of sp³-hybridized carbons (Fsp3) is 0.647. The quantitative estimate of drug-likeness (QED) is 0.658. The number of aliphatic hydroxyl groups excluding tert-OH is 1.